The molecule has 0 radical (unpaired) electrons. The van der Waals surface area contributed by atoms with E-state index in [9.17, 15) is 4.79 Å². The monoisotopic (exact) mass is 342 g/mol. The third kappa shape index (κ3) is 3.02. The van der Waals surface area contributed by atoms with Gasteiger partial charge in [-0.3, -0.25) is 9.48 Å². The second kappa shape index (κ2) is 6.51. The molecular weight excluding hydrogens is 320 g/mol. The van der Waals surface area contributed by atoms with Crippen molar-refractivity contribution in [1.29, 1.82) is 0 Å². The zero-order chi connectivity index (χ0) is 16.5. The number of amides is 1. The Bertz CT molecular complexity index is 744. The first-order chi connectivity index (χ1) is 11.7. The summed E-state index contributed by atoms with van der Waals surface area (Å²) in [6.45, 7) is 1.89. The van der Waals surface area contributed by atoms with E-state index in [0.717, 1.165) is 37.4 Å². The third-order valence-corrected chi connectivity index (χ3v) is 6.02. The molecule has 1 fully saturated rings. The van der Waals surface area contributed by atoms with Crippen LogP contribution in [0.4, 0.5) is 5.69 Å². The van der Waals surface area contributed by atoms with Gasteiger partial charge < -0.3 is 10.2 Å². The number of hydrogen-bond donors (Lipinski definition) is 1. The molecule has 2 aliphatic rings. The Morgan fingerprint density at radius 3 is 3.08 bits per heavy atom. The number of carbonyl (C=O) groups is 1. The van der Waals surface area contributed by atoms with Crippen molar-refractivity contribution in [3.05, 3.63) is 42.2 Å². The van der Waals surface area contributed by atoms with E-state index >= 15 is 0 Å². The van der Waals surface area contributed by atoms with Gasteiger partial charge in [0, 0.05) is 43.0 Å². The SMILES string of the molecule is Cn1cc(N2CCC[C@@H](NC(=O)[C@H]3CSc4ccccc43)C2)cn1. The number of aromatic nitrogens is 2. The summed E-state index contributed by atoms with van der Waals surface area (Å²) in [4.78, 5) is 16.3. The summed E-state index contributed by atoms with van der Waals surface area (Å²) in [6.07, 6.45) is 6.07. The lowest BCUT2D eigenvalue weighted by Gasteiger charge is -2.34. The topological polar surface area (TPSA) is 50.2 Å². The largest absolute Gasteiger partial charge is 0.367 e. The molecular formula is C18H22N4OS. The number of rotatable bonds is 3. The minimum Gasteiger partial charge on any atom is -0.367 e. The van der Waals surface area contributed by atoms with E-state index < -0.39 is 0 Å². The molecule has 3 heterocycles. The lowest BCUT2D eigenvalue weighted by Crippen LogP contribution is -2.49. The van der Waals surface area contributed by atoms with Gasteiger partial charge in [0.25, 0.3) is 0 Å². The van der Waals surface area contributed by atoms with E-state index in [1.807, 2.05) is 36.3 Å². The van der Waals surface area contributed by atoms with E-state index in [0.29, 0.717) is 0 Å². The highest BCUT2D eigenvalue weighted by Gasteiger charge is 2.31. The van der Waals surface area contributed by atoms with Gasteiger partial charge >= 0.3 is 0 Å². The van der Waals surface area contributed by atoms with E-state index in [-0.39, 0.29) is 17.9 Å². The van der Waals surface area contributed by atoms with Crippen molar-refractivity contribution < 1.29 is 4.79 Å². The summed E-state index contributed by atoms with van der Waals surface area (Å²) in [7, 11) is 1.93. The molecule has 0 bridgehead atoms. The first-order valence-corrected chi connectivity index (χ1v) is 9.45. The third-order valence-electron chi connectivity index (χ3n) is 4.84. The molecule has 0 aliphatic carbocycles. The van der Waals surface area contributed by atoms with Crippen LogP contribution in [0.25, 0.3) is 0 Å². The van der Waals surface area contributed by atoms with Crippen LogP contribution in [0.3, 0.4) is 0 Å². The highest BCUT2D eigenvalue weighted by Crippen LogP contribution is 2.39. The van der Waals surface area contributed by atoms with Crippen LogP contribution in [0.2, 0.25) is 0 Å². The van der Waals surface area contributed by atoms with E-state index in [4.69, 9.17) is 0 Å². The Kier molecular flexibility index (Phi) is 4.22. The molecule has 1 aromatic heterocycles. The lowest BCUT2D eigenvalue weighted by molar-refractivity contribution is -0.122. The summed E-state index contributed by atoms with van der Waals surface area (Å²) < 4.78 is 1.82. The summed E-state index contributed by atoms with van der Waals surface area (Å²) in [6, 6.07) is 8.47. The zero-order valence-corrected chi connectivity index (χ0v) is 14.6. The van der Waals surface area contributed by atoms with Gasteiger partial charge in [-0.2, -0.15) is 5.10 Å². The highest BCUT2D eigenvalue weighted by atomic mass is 32.2. The number of hydrogen-bond acceptors (Lipinski definition) is 4. The number of thioether (sulfide) groups is 1. The quantitative estimate of drug-likeness (QED) is 0.931. The number of anilines is 1. The minimum atomic E-state index is -0.0139. The predicted octanol–water partition coefficient (Wildman–Crippen LogP) is 2.39. The molecule has 0 saturated carbocycles. The Morgan fingerprint density at radius 1 is 1.38 bits per heavy atom. The summed E-state index contributed by atoms with van der Waals surface area (Å²) in [5.74, 6) is 1.01. The molecule has 5 nitrogen and oxygen atoms in total. The molecule has 1 saturated heterocycles. The zero-order valence-electron chi connectivity index (χ0n) is 13.8. The number of nitrogens with one attached hydrogen (secondary N) is 1. The van der Waals surface area contributed by atoms with E-state index in [1.54, 1.807) is 11.8 Å². The van der Waals surface area contributed by atoms with Crippen LogP contribution in [0, 0.1) is 0 Å². The molecule has 6 heteroatoms. The smallest absolute Gasteiger partial charge is 0.228 e. The van der Waals surface area contributed by atoms with Crippen molar-refractivity contribution in [3.63, 3.8) is 0 Å². The first-order valence-electron chi connectivity index (χ1n) is 8.46. The standard InChI is InChI=1S/C18H22N4OS/c1-21-11-14(9-19-21)22-8-4-5-13(10-22)20-18(23)16-12-24-17-7-3-2-6-15(16)17/h2-3,6-7,9,11,13,16H,4-5,8,10,12H2,1H3,(H,20,23)/t13-,16+/m1/s1. The lowest BCUT2D eigenvalue weighted by atomic mass is 9.99. The van der Waals surface area contributed by atoms with Crippen molar-refractivity contribution in [2.75, 3.05) is 23.7 Å². The molecule has 1 amide bonds. The van der Waals surface area contributed by atoms with Gasteiger partial charge in [0.15, 0.2) is 0 Å². The van der Waals surface area contributed by atoms with Gasteiger partial charge in [-0.15, -0.1) is 11.8 Å². The van der Waals surface area contributed by atoms with Crippen LogP contribution >= 0.6 is 11.8 Å². The Hall–Kier alpha value is -1.95. The molecule has 2 atom stereocenters. The normalized spacial score (nSPS) is 23.1. The van der Waals surface area contributed by atoms with Crippen molar-refractivity contribution in [2.24, 2.45) is 7.05 Å². The molecule has 2 aliphatic heterocycles. The van der Waals surface area contributed by atoms with Crippen LogP contribution in [0.15, 0.2) is 41.6 Å². The maximum absolute atomic E-state index is 12.8. The maximum atomic E-state index is 12.8. The first kappa shape index (κ1) is 15.6. The Labute approximate surface area is 146 Å². The molecule has 0 unspecified atom stereocenters. The molecule has 126 valence electrons. The average molecular weight is 342 g/mol. The van der Waals surface area contributed by atoms with Crippen LogP contribution in [-0.4, -0.2) is 40.6 Å². The van der Waals surface area contributed by atoms with Gasteiger partial charge in [0.1, 0.15) is 0 Å². The van der Waals surface area contributed by atoms with Crippen LogP contribution in [0.5, 0.6) is 0 Å². The van der Waals surface area contributed by atoms with Crippen molar-refractivity contribution >= 4 is 23.4 Å². The Morgan fingerprint density at radius 2 is 2.25 bits per heavy atom. The number of nitrogens with zero attached hydrogens (tertiary/aromatic N) is 3. The van der Waals surface area contributed by atoms with Gasteiger partial charge in [0.2, 0.25) is 5.91 Å². The fourth-order valence-corrected chi connectivity index (χ4v) is 4.81. The maximum Gasteiger partial charge on any atom is 0.228 e. The van der Waals surface area contributed by atoms with Crippen molar-refractivity contribution in [2.45, 2.75) is 29.7 Å². The summed E-state index contributed by atoms with van der Waals surface area (Å²) in [5.41, 5.74) is 2.32. The molecule has 24 heavy (non-hydrogen) atoms. The average Bonchev–Trinajstić information content (AvgIpc) is 3.21. The van der Waals surface area contributed by atoms with Crippen LogP contribution in [0.1, 0.15) is 24.3 Å². The van der Waals surface area contributed by atoms with Gasteiger partial charge in [-0.05, 0) is 24.5 Å². The van der Waals surface area contributed by atoms with Gasteiger partial charge in [-0.1, -0.05) is 18.2 Å². The second-order valence-electron chi connectivity index (χ2n) is 6.57. The minimum absolute atomic E-state index is 0.0139. The van der Waals surface area contributed by atoms with Gasteiger partial charge in [0.05, 0.1) is 17.8 Å². The second-order valence-corrected chi connectivity index (χ2v) is 7.63. The number of piperidine rings is 1. The van der Waals surface area contributed by atoms with E-state index in [1.165, 1.54) is 10.5 Å². The molecule has 4 rings (SSSR count). The number of benzene rings is 1. The van der Waals surface area contributed by atoms with Crippen molar-refractivity contribution in [1.82, 2.24) is 15.1 Å². The van der Waals surface area contributed by atoms with Crippen LogP contribution in [-0.2, 0) is 11.8 Å². The summed E-state index contributed by atoms with van der Waals surface area (Å²) >= 11 is 1.78. The number of fused-ring (bicyclic) bond motifs is 1. The summed E-state index contributed by atoms with van der Waals surface area (Å²) in [5, 5.41) is 7.54. The predicted molar refractivity (Wildman–Crippen MR) is 96.5 cm³/mol. The molecule has 0 spiro atoms. The molecule has 2 aromatic rings. The van der Waals surface area contributed by atoms with E-state index in [2.05, 4.69) is 27.4 Å². The highest BCUT2D eigenvalue weighted by molar-refractivity contribution is 7.99. The van der Waals surface area contributed by atoms with Crippen molar-refractivity contribution in [3.8, 4) is 0 Å². The fraction of sp³-hybridized carbons (Fsp3) is 0.444. The van der Waals surface area contributed by atoms with Crippen LogP contribution < -0.4 is 10.2 Å². The number of aryl methyl sites for hydroxylation is 1. The molecule has 1 aromatic carbocycles. The Balaban J connectivity index is 1.41. The number of carbonyl (C=O) groups excluding carboxylic acids is 1. The van der Waals surface area contributed by atoms with Gasteiger partial charge in [-0.25, -0.2) is 0 Å². The molecule has 1 N–H and O–H groups in total. The fourth-order valence-electron chi connectivity index (χ4n) is 3.58.